The zero-order chi connectivity index (χ0) is 16.8. The largest absolute Gasteiger partial charge is 0.338 e. The van der Waals surface area contributed by atoms with Crippen LogP contribution in [-0.4, -0.2) is 42.3 Å². The lowest BCUT2D eigenvalue weighted by Crippen LogP contribution is -2.42. The summed E-state index contributed by atoms with van der Waals surface area (Å²) < 4.78 is 26.0. The molecule has 1 aliphatic rings. The van der Waals surface area contributed by atoms with Gasteiger partial charge in [-0.15, -0.1) is 0 Å². The molecule has 1 atom stereocenters. The summed E-state index contributed by atoms with van der Waals surface area (Å²) in [5.74, 6) is -2.44. The normalized spacial score (nSPS) is 17.3. The quantitative estimate of drug-likeness (QED) is 0.784. The second-order valence-electron chi connectivity index (χ2n) is 5.79. The van der Waals surface area contributed by atoms with E-state index in [0.29, 0.717) is 6.54 Å². The maximum absolute atomic E-state index is 13.2. The lowest BCUT2D eigenvalue weighted by Gasteiger charge is -2.28. The third kappa shape index (κ3) is 4.58. The van der Waals surface area contributed by atoms with E-state index < -0.39 is 11.6 Å². The van der Waals surface area contributed by atoms with Gasteiger partial charge in [0.15, 0.2) is 17.4 Å². The molecule has 0 saturated carbocycles. The number of Topliss-reactive ketones (excluding diaryl/α,β-unsaturated/α-hetero) is 1. The first-order chi connectivity index (χ1) is 11.0. The molecule has 1 aromatic carbocycles. The van der Waals surface area contributed by atoms with Gasteiger partial charge < -0.3 is 10.2 Å². The molecule has 1 N–H and O–H groups in total. The van der Waals surface area contributed by atoms with Crippen LogP contribution >= 0.6 is 0 Å². The molecule has 1 unspecified atom stereocenters. The van der Waals surface area contributed by atoms with Crippen molar-refractivity contribution >= 4 is 11.7 Å². The summed E-state index contributed by atoms with van der Waals surface area (Å²) in [6.45, 7) is 4.36. The Hall–Kier alpha value is -1.82. The topological polar surface area (TPSA) is 49.4 Å². The van der Waals surface area contributed by atoms with Gasteiger partial charge in [-0.1, -0.05) is 6.92 Å². The molecule has 126 valence electrons. The molecule has 0 radical (unpaired) electrons. The number of hydrogen-bond acceptors (Lipinski definition) is 3. The highest BCUT2D eigenvalue weighted by Gasteiger charge is 2.26. The molecule has 1 amide bonds. The summed E-state index contributed by atoms with van der Waals surface area (Å²) in [4.78, 5) is 26.3. The number of hydrogen-bond donors (Lipinski definition) is 1. The SMILES string of the molecule is CCCN(C(=O)CCC(=O)c1ccc(F)c(F)c1)C1CCNC1. The number of carbonyl (C=O) groups excluding carboxylic acids is 2. The van der Waals surface area contributed by atoms with Crippen molar-refractivity contribution in [3.8, 4) is 0 Å². The van der Waals surface area contributed by atoms with Crippen molar-refractivity contribution < 1.29 is 18.4 Å². The van der Waals surface area contributed by atoms with Gasteiger partial charge in [0, 0.05) is 37.5 Å². The third-order valence-corrected chi connectivity index (χ3v) is 4.07. The van der Waals surface area contributed by atoms with E-state index >= 15 is 0 Å². The minimum atomic E-state index is -1.05. The van der Waals surface area contributed by atoms with Gasteiger partial charge in [-0.2, -0.15) is 0 Å². The Morgan fingerprint density at radius 2 is 2.04 bits per heavy atom. The van der Waals surface area contributed by atoms with E-state index in [-0.39, 0.29) is 36.1 Å². The fourth-order valence-corrected chi connectivity index (χ4v) is 2.84. The monoisotopic (exact) mass is 324 g/mol. The summed E-state index contributed by atoms with van der Waals surface area (Å²) in [5, 5.41) is 3.23. The lowest BCUT2D eigenvalue weighted by atomic mass is 10.1. The molecule has 1 heterocycles. The fourth-order valence-electron chi connectivity index (χ4n) is 2.84. The van der Waals surface area contributed by atoms with Crippen LogP contribution in [0.3, 0.4) is 0 Å². The van der Waals surface area contributed by atoms with Crippen molar-refractivity contribution in [1.82, 2.24) is 10.2 Å². The van der Waals surface area contributed by atoms with Gasteiger partial charge in [-0.25, -0.2) is 8.78 Å². The van der Waals surface area contributed by atoms with Crippen molar-refractivity contribution in [3.05, 3.63) is 35.4 Å². The van der Waals surface area contributed by atoms with Gasteiger partial charge in [-0.3, -0.25) is 9.59 Å². The maximum Gasteiger partial charge on any atom is 0.223 e. The summed E-state index contributed by atoms with van der Waals surface area (Å²) >= 11 is 0. The molecule has 4 nitrogen and oxygen atoms in total. The van der Waals surface area contributed by atoms with E-state index in [0.717, 1.165) is 38.1 Å². The number of benzene rings is 1. The van der Waals surface area contributed by atoms with Crippen molar-refractivity contribution in [2.45, 2.75) is 38.6 Å². The highest BCUT2D eigenvalue weighted by atomic mass is 19.2. The molecule has 0 aliphatic carbocycles. The van der Waals surface area contributed by atoms with Gasteiger partial charge in [0.05, 0.1) is 0 Å². The predicted molar refractivity (Wildman–Crippen MR) is 83.2 cm³/mol. The predicted octanol–water partition coefficient (Wildman–Crippen LogP) is 2.53. The number of halogens is 2. The van der Waals surface area contributed by atoms with Gasteiger partial charge >= 0.3 is 0 Å². The second kappa shape index (κ2) is 8.15. The number of rotatable bonds is 7. The first-order valence-electron chi connectivity index (χ1n) is 8.01. The minimum absolute atomic E-state index is 0.00423. The number of nitrogens with one attached hydrogen (secondary N) is 1. The molecule has 2 rings (SSSR count). The van der Waals surface area contributed by atoms with Crippen LogP contribution in [0.2, 0.25) is 0 Å². The highest BCUT2D eigenvalue weighted by molar-refractivity contribution is 5.98. The Bertz CT molecular complexity index is 572. The Morgan fingerprint density at radius 1 is 1.26 bits per heavy atom. The van der Waals surface area contributed by atoms with E-state index in [1.54, 1.807) is 0 Å². The van der Waals surface area contributed by atoms with Gasteiger partial charge in [0.2, 0.25) is 5.91 Å². The van der Waals surface area contributed by atoms with Crippen LogP contribution in [0.15, 0.2) is 18.2 Å². The fraction of sp³-hybridized carbons (Fsp3) is 0.529. The average molecular weight is 324 g/mol. The summed E-state index contributed by atoms with van der Waals surface area (Å²) in [7, 11) is 0. The molecule has 1 fully saturated rings. The smallest absolute Gasteiger partial charge is 0.223 e. The van der Waals surface area contributed by atoms with Crippen LogP contribution in [0.1, 0.15) is 43.0 Å². The van der Waals surface area contributed by atoms with Crippen LogP contribution in [0, 0.1) is 11.6 Å². The Labute approximate surface area is 134 Å². The molecule has 0 bridgehead atoms. The van der Waals surface area contributed by atoms with Crippen LogP contribution in [0.4, 0.5) is 8.78 Å². The van der Waals surface area contributed by atoms with Gasteiger partial charge in [0.25, 0.3) is 0 Å². The maximum atomic E-state index is 13.2. The van der Waals surface area contributed by atoms with E-state index in [2.05, 4.69) is 5.32 Å². The van der Waals surface area contributed by atoms with Crippen molar-refractivity contribution in [3.63, 3.8) is 0 Å². The molecular formula is C17H22F2N2O2. The summed E-state index contributed by atoms with van der Waals surface area (Å²) in [5.41, 5.74) is 0.0984. The third-order valence-electron chi connectivity index (χ3n) is 4.07. The Kier molecular flexibility index (Phi) is 6.21. The minimum Gasteiger partial charge on any atom is -0.338 e. The Balaban J connectivity index is 1.93. The second-order valence-corrected chi connectivity index (χ2v) is 5.79. The summed E-state index contributed by atoms with van der Waals surface area (Å²) in [6.07, 6.45) is 1.88. The van der Waals surface area contributed by atoms with Crippen LogP contribution in [0.25, 0.3) is 0 Å². The van der Waals surface area contributed by atoms with Crippen molar-refractivity contribution in [2.24, 2.45) is 0 Å². The zero-order valence-corrected chi connectivity index (χ0v) is 13.3. The van der Waals surface area contributed by atoms with Crippen LogP contribution in [0.5, 0.6) is 0 Å². The molecule has 6 heteroatoms. The zero-order valence-electron chi connectivity index (χ0n) is 13.3. The van der Waals surface area contributed by atoms with E-state index in [1.807, 2.05) is 11.8 Å². The standard InChI is InChI=1S/C17H22F2N2O2/c1-2-9-21(13-7-8-20-11-13)17(23)6-5-16(22)12-3-4-14(18)15(19)10-12/h3-4,10,13,20H,2,5-9,11H2,1H3. The first kappa shape index (κ1) is 17.5. The van der Waals surface area contributed by atoms with Crippen LogP contribution in [-0.2, 0) is 4.79 Å². The van der Waals surface area contributed by atoms with Crippen LogP contribution < -0.4 is 5.32 Å². The Morgan fingerprint density at radius 3 is 2.65 bits per heavy atom. The van der Waals surface area contributed by atoms with Gasteiger partial charge in [-0.05, 0) is 37.6 Å². The van der Waals surface area contributed by atoms with Gasteiger partial charge in [0.1, 0.15) is 0 Å². The molecule has 1 saturated heterocycles. The van der Waals surface area contributed by atoms with E-state index in [9.17, 15) is 18.4 Å². The first-order valence-corrected chi connectivity index (χ1v) is 8.01. The number of carbonyl (C=O) groups is 2. The molecule has 1 aliphatic heterocycles. The summed E-state index contributed by atoms with van der Waals surface area (Å²) in [6, 6.07) is 3.24. The van der Waals surface area contributed by atoms with E-state index in [1.165, 1.54) is 6.07 Å². The number of amides is 1. The molecule has 0 aromatic heterocycles. The molecule has 0 spiro atoms. The average Bonchev–Trinajstić information content (AvgIpc) is 3.06. The number of nitrogens with zero attached hydrogens (tertiary/aromatic N) is 1. The van der Waals surface area contributed by atoms with Crippen molar-refractivity contribution in [1.29, 1.82) is 0 Å². The molecule has 1 aromatic rings. The molecule has 23 heavy (non-hydrogen) atoms. The van der Waals surface area contributed by atoms with Crippen molar-refractivity contribution in [2.75, 3.05) is 19.6 Å². The highest BCUT2D eigenvalue weighted by Crippen LogP contribution is 2.15. The lowest BCUT2D eigenvalue weighted by molar-refractivity contribution is -0.133. The molecular weight excluding hydrogens is 302 g/mol. The van der Waals surface area contributed by atoms with E-state index in [4.69, 9.17) is 0 Å². The number of ketones is 1.